The molecule has 122 valence electrons. The van der Waals surface area contributed by atoms with Gasteiger partial charge in [0.15, 0.2) is 5.75 Å². The molecule has 0 saturated carbocycles. The molecule has 4 rings (SSSR count). The van der Waals surface area contributed by atoms with Crippen LogP contribution in [0.15, 0.2) is 36.6 Å². The number of hydroxylamine groups is 2. The number of carbonyl (C=O) groups is 1. The number of piperidine rings is 1. The number of nitrogens with one attached hydrogen (secondary N) is 1. The second kappa shape index (κ2) is 6.22. The maximum Gasteiger partial charge on any atom is 0.251 e. The lowest BCUT2D eigenvalue weighted by molar-refractivity contribution is -0.266. The number of benzene rings is 1. The van der Waals surface area contributed by atoms with Crippen LogP contribution in [0.3, 0.4) is 0 Å². The van der Waals surface area contributed by atoms with Gasteiger partial charge in [-0.05, 0) is 55.6 Å². The predicted octanol–water partition coefficient (Wildman–Crippen LogP) is 1.57. The normalized spacial score (nSPS) is 29.3. The molecule has 3 heterocycles. The number of amides is 1. The van der Waals surface area contributed by atoms with Gasteiger partial charge < -0.3 is 19.9 Å². The van der Waals surface area contributed by atoms with E-state index >= 15 is 0 Å². The van der Waals surface area contributed by atoms with Crippen molar-refractivity contribution >= 4 is 5.91 Å². The fourth-order valence-corrected chi connectivity index (χ4v) is 3.56. The third kappa shape index (κ3) is 3.33. The van der Waals surface area contributed by atoms with Crippen molar-refractivity contribution in [2.45, 2.75) is 18.9 Å². The maximum atomic E-state index is 12.4. The summed E-state index contributed by atoms with van der Waals surface area (Å²) in [6, 6.07) is 7.40. The molecule has 3 aliphatic heterocycles. The quantitative estimate of drug-likeness (QED) is 0.914. The number of rotatable bonds is 4. The van der Waals surface area contributed by atoms with Gasteiger partial charge in [0.05, 0.1) is 6.54 Å². The molecular weight excluding hydrogens is 294 g/mol. The molecule has 1 amide bonds. The maximum absolute atomic E-state index is 12.4. The summed E-state index contributed by atoms with van der Waals surface area (Å²) in [5, 5.41) is 4.54. The van der Waals surface area contributed by atoms with E-state index in [9.17, 15) is 4.79 Å². The van der Waals surface area contributed by atoms with Crippen molar-refractivity contribution in [3.05, 3.63) is 42.2 Å². The zero-order chi connectivity index (χ0) is 15.6. The summed E-state index contributed by atoms with van der Waals surface area (Å²) in [4.78, 5) is 25.4. The van der Waals surface area contributed by atoms with E-state index in [1.165, 1.54) is 24.7 Å². The molecular formula is C17H21N3O3. The van der Waals surface area contributed by atoms with E-state index < -0.39 is 0 Å². The lowest BCUT2D eigenvalue weighted by Gasteiger charge is -2.30. The topological polar surface area (TPSA) is 54.0 Å². The van der Waals surface area contributed by atoms with E-state index in [4.69, 9.17) is 9.68 Å². The summed E-state index contributed by atoms with van der Waals surface area (Å²) in [6.07, 6.45) is 5.80. The molecule has 1 unspecified atom stereocenters. The monoisotopic (exact) mass is 315 g/mol. The van der Waals surface area contributed by atoms with Crippen LogP contribution in [0, 0.1) is 5.92 Å². The highest BCUT2D eigenvalue weighted by Gasteiger charge is 2.32. The summed E-state index contributed by atoms with van der Waals surface area (Å²) >= 11 is 0. The Morgan fingerprint density at radius 3 is 2.87 bits per heavy atom. The van der Waals surface area contributed by atoms with Gasteiger partial charge in [-0.15, -0.1) is 0 Å². The van der Waals surface area contributed by atoms with Crippen LogP contribution in [0.2, 0.25) is 0 Å². The number of fused-ring (bicyclic) bond motifs is 2. The largest absolute Gasteiger partial charge is 0.379 e. The third-order valence-electron chi connectivity index (χ3n) is 4.65. The van der Waals surface area contributed by atoms with E-state index in [-0.39, 0.29) is 11.9 Å². The second-order valence-corrected chi connectivity index (χ2v) is 6.43. The predicted molar refractivity (Wildman–Crippen MR) is 84.4 cm³/mol. The van der Waals surface area contributed by atoms with Crippen LogP contribution < -0.4 is 10.2 Å². The highest BCUT2D eigenvalue weighted by molar-refractivity contribution is 5.94. The molecule has 1 N–H and O–H groups in total. The minimum absolute atomic E-state index is 0.0110. The van der Waals surface area contributed by atoms with Crippen LogP contribution in [0.5, 0.6) is 5.75 Å². The zero-order valence-corrected chi connectivity index (χ0v) is 13.0. The van der Waals surface area contributed by atoms with Crippen molar-refractivity contribution in [3.63, 3.8) is 0 Å². The van der Waals surface area contributed by atoms with Crippen LogP contribution in [0.1, 0.15) is 23.2 Å². The van der Waals surface area contributed by atoms with Crippen molar-refractivity contribution in [2.75, 3.05) is 26.2 Å². The highest BCUT2D eigenvalue weighted by atomic mass is 16.9. The first-order chi connectivity index (χ1) is 11.3. The van der Waals surface area contributed by atoms with E-state index in [0.29, 0.717) is 17.9 Å². The summed E-state index contributed by atoms with van der Waals surface area (Å²) in [6.45, 7) is 3.94. The third-order valence-corrected chi connectivity index (χ3v) is 4.65. The number of nitrogens with zero attached hydrogens (tertiary/aromatic N) is 2. The lowest BCUT2D eigenvalue weighted by atomic mass is 9.96. The molecule has 0 aliphatic carbocycles. The summed E-state index contributed by atoms with van der Waals surface area (Å²) < 4.78 is 0. The molecule has 6 nitrogen and oxygen atoms in total. The van der Waals surface area contributed by atoms with Crippen molar-refractivity contribution in [3.8, 4) is 5.75 Å². The Balaban J connectivity index is 1.33. The molecule has 2 saturated heterocycles. The summed E-state index contributed by atoms with van der Waals surface area (Å²) in [7, 11) is 0. The van der Waals surface area contributed by atoms with Crippen LogP contribution in [-0.2, 0) is 4.84 Å². The average molecular weight is 315 g/mol. The molecule has 2 fully saturated rings. The van der Waals surface area contributed by atoms with Gasteiger partial charge in [-0.3, -0.25) is 4.79 Å². The van der Waals surface area contributed by atoms with Gasteiger partial charge in [-0.2, -0.15) is 0 Å². The second-order valence-electron chi connectivity index (χ2n) is 6.43. The Bertz CT molecular complexity index is 582. The molecule has 6 heteroatoms. The first-order valence-electron chi connectivity index (χ1n) is 8.17. The fourth-order valence-electron chi connectivity index (χ4n) is 3.56. The minimum Gasteiger partial charge on any atom is -0.379 e. The minimum atomic E-state index is -0.0110. The molecule has 0 aromatic heterocycles. The van der Waals surface area contributed by atoms with Gasteiger partial charge in [0.25, 0.3) is 5.91 Å². The van der Waals surface area contributed by atoms with Crippen LogP contribution in [0.25, 0.3) is 0 Å². The van der Waals surface area contributed by atoms with Crippen LogP contribution in [0.4, 0.5) is 0 Å². The van der Waals surface area contributed by atoms with Crippen LogP contribution >= 0.6 is 0 Å². The molecule has 0 radical (unpaired) electrons. The van der Waals surface area contributed by atoms with Gasteiger partial charge in [-0.25, -0.2) is 0 Å². The standard InChI is InChI=1S/C17H21N3O3/c21-17(18-15-10-13-6-8-19(11-13)12-15)14-2-4-16(5-3-14)23-20-7-1-9-22-20/h1-5,9,13,15H,6-8,10-12H2,(H,18,21)/t13-,15-/m1/s1. The summed E-state index contributed by atoms with van der Waals surface area (Å²) in [5.74, 6) is 1.38. The Morgan fingerprint density at radius 1 is 1.26 bits per heavy atom. The van der Waals surface area contributed by atoms with E-state index in [1.54, 1.807) is 30.5 Å². The highest BCUT2D eigenvalue weighted by Crippen LogP contribution is 2.27. The van der Waals surface area contributed by atoms with Crippen molar-refractivity contribution in [1.82, 2.24) is 15.4 Å². The average Bonchev–Trinajstić information content (AvgIpc) is 3.18. The Morgan fingerprint density at radius 2 is 2.13 bits per heavy atom. The van der Waals surface area contributed by atoms with Gasteiger partial charge in [0, 0.05) is 29.9 Å². The number of carbonyl (C=O) groups excluding carboxylic acids is 1. The van der Waals surface area contributed by atoms with E-state index in [0.717, 1.165) is 18.9 Å². The van der Waals surface area contributed by atoms with Crippen LogP contribution in [-0.4, -0.2) is 48.3 Å². The molecule has 0 spiro atoms. The van der Waals surface area contributed by atoms with Crippen molar-refractivity contribution in [1.29, 1.82) is 0 Å². The molecule has 2 bridgehead atoms. The first-order valence-corrected chi connectivity index (χ1v) is 8.17. The number of hydrogen-bond donors (Lipinski definition) is 1. The molecule has 1 aromatic carbocycles. The van der Waals surface area contributed by atoms with E-state index in [2.05, 4.69) is 10.2 Å². The zero-order valence-electron chi connectivity index (χ0n) is 13.0. The number of hydrogen-bond acceptors (Lipinski definition) is 5. The van der Waals surface area contributed by atoms with Gasteiger partial charge in [0.1, 0.15) is 6.26 Å². The van der Waals surface area contributed by atoms with Crippen molar-refractivity contribution < 1.29 is 14.5 Å². The molecule has 23 heavy (non-hydrogen) atoms. The first kappa shape index (κ1) is 14.5. The summed E-state index contributed by atoms with van der Waals surface area (Å²) in [5.41, 5.74) is 0.658. The molecule has 3 aliphatic rings. The smallest absolute Gasteiger partial charge is 0.251 e. The molecule has 3 atom stereocenters. The Labute approximate surface area is 135 Å². The van der Waals surface area contributed by atoms with Gasteiger partial charge >= 0.3 is 0 Å². The van der Waals surface area contributed by atoms with E-state index in [1.807, 2.05) is 6.08 Å². The Hall–Kier alpha value is -2.05. The molecule has 1 aromatic rings. The SMILES string of the molecule is O=C(N[C@@H]1C[C@H]2CCN(C2)C1)c1ccc(ON2CC=CO2)cc1. The fraction of sp³-hybridized carbons (Fsp3) is 0.471. The van der Waals surface area contributed by atoms with Crippen molar-refractivity contribution in [2.24, 2.45) is 5.92 Å². The Kier molecular flexibility index (Phi) is 3.93. The van der Waals surface area contributed by atoms with Gasteiger partial charge in [0.2, 0.25) is 0 Å². The lowest BCUT2D eigenvalue weighted by Crippen LogP contribution is -2.47. The van der Waals surface area contributed by atoms with Gasteiger partial charge in [-0.1, -0.05) is 0 Å².